The van der Waals surface area contributed by atoms with Crippen LogP contribution in [-0.2, 0) is 9.84 Å². The van der Waals surface area contributed by atoms with Gasteiger partial charge in [0.25, 0.3) is 0 Å². The van der Waals surface area contributed by atoms with Gasteiger partial charge in [-0.05, 0) is 6.92 Å². The Bertz CT molecular complexity index is 447. The van der Waals surface area contributed by atoms with Crippen LogP contribution >= 0.6 is 0 Å². The van der Waals surface area contributed by atoms with Crippen LogP contribution in [0.5, 0.6) is 0 Å². The van der Waals surface area contributed by atoms with Crippen molar-refractivity contribution in [1.29, 1.82) is 0 Å². The number of hydrogen-bond donors (Lipinski definition) is 1. The van der Waals surface area contributed by atoms with E-state index in [0.29, 0.717) is 5.82 Å². The van der Waals surface area contributed by atoms with Gasteiger partial charge in [-0.25, -0.2) is 18.4 Å². The Morgan fingerprint density at radius 1 is 1.47 bits per heavy atom. The molecular weight excluding hydrogens is 221 g/mol. The lowest BCUT2D eigenvalue weighted by Gasteiger charge is -2.06. The van der Waals surface area contributed by atoms with Gasteiger partial charge >= 0.3 is 0 Å². The maximum Gasteiger partial charge on any atom is 0.220 e. The van der Waals surface area contributed by atoms with Gasteiger partial charge in [-0.1, -0.05) is 0 Å². The summed E-state index contributed by atoms with van der Waals surface area (Å²) in [5, 5.41) is 2.74. The van der Waals surface area contributed by atoms with E-state index < -0.39 is 15.8 Å². The molecule has 0 spiro atoms. The van der Waals surface area contributed by atoms with Crippen molar-refractivity contribution in [3.05, 3.63) is 17.8 Å². The highest BCUT2D eigenvalue weighted by Gasteiger charge is 2.07. The number of nitrogens with zero attached hydrogens (tertiary/aromatic N) is 2. The van der Waals surface area contributed by atoms with Crippen molar-refractivity contribution >= 4 is 15.7 Å². The van der Waals surface area contributed by atoms with Crippen LogP contribution in [0, 0.1) is 12.9 Å². The molecule has 0 aliphatic rings. The van der Waals surface area contributed by atoms with Crippen molar-refractivity contribution in [1.82, 2.24) is 9.97 Å². The highest BCUT2D eigenvalue weighted by atomic mass is 32.2. The van der Waals surface area contributed by atoms with Crippen LogP contribution in [0.15, 0.2) is 6.33 Å². The van der Waals surface area contributed by atoms with E-state index in [0.717, 1.165) is 12.6 Å². The highest BCUT2D eigenvalue weighted by molar-refractivity contribution is 7.90. The van der Waals surface area contributed by atoms with E-state index in [2.05, 4.69) is 15.3 Å². The quantitative estimate of drug-likeness (QED) is 0.761. The average Bonchev–Trinajstić information content (AvgIpc) is 2.10. The minimum Gasteiger partial charge on any atom is -0.369 e. The van der Waals surface area contributed by atoms with Crippen molar-refractivity contribution in [2.45, 2.75) is 6.92 Å². The Hall–Kier alpha value is -1.24. The Morgan fingerprint density at radius 3 is 2.73 bits per heavy atom. The monoisotopic (exact) mass is 233 g/mol. The molecule has 1 aromatic rings. The van der Waals surface area contributed by atoms with E-state index in [1.54, 1.807) is 0 Å². The second kappa shape index (κ2) is 4.52. The van der Waals surface area contributed by atoms with E-state index in [1.165, 1.54) is 6.92 Å². The number of sulfone groups is 1. The van der Waals surface area contributed by atoms with E-state index in [1.807, 2.05) is 0 Å². The van der Waals surface area contributed by atoms with Gasteiger partial charge in [0.15, 0.2) is 0 Å². The molecule has 1 N–H and O–H groups in total. The molecule has 1 aromatic heterocycles. The number of anilines is 1. The van der Waals surface area contributed by atoms with Crippen LogP contribution in [0.4, 0.5) is 10.2 Å². The molecule has 0 unspecified atom stereocenters. The maximum absolute atomic E-state index is 12.9. The lowest BCUT2D eigenvalue weighted by molar-refractivity contribution is 0.570. The molecule has 0 bridgehead atoms. The zero-order chi connectivity index (χ0) is 11.5. The van der Waals surface area contributed by atoms with Crippen LogP contribution in [0.1, 0.15) is 5.56 Å². The summed E-state index contributed by atoms with van der Waals surface area (Å²) in [6.45, 7) is 1.73. The number of hydrogen-bond acceptors (Lipinski definition) is 5. The zero-order valence-electron chi connectivity index (χ0n) is 8.49. The summed E-state index contributed by atoms with van der Waals surface area (Å²) in [4.78, 5) is 7.16. The first-order valence-corrected chi connectivity index (χ1v) is 6.35. The van der Waals surface area contributed by atoms with Crippen LogP contribution in [0.3, 0.4) is 0 Å². The van der Waals surface area contributed by atoms with Gasteiger partial charge in [0, 0.05) is 18.4 Å². The molecule has 0 saturated carbocycles. The largest absolute Gasteiger partial charge is 0.369 e. The third-order valence-corrected chi connectivity index (χ3v) is 2.73. The molecule has 5 nitrogen and oxygen atoms in total. The van der Waals surface area contributed by atoms with Gasteiger partial charge in [0.05, 0.1) is 5.75 Å². The third kappa shape index (κ3) is 3.78. The maximum atomic E-state index is 12.9. The normalized spacial score (nSPS) is 11.4. The SMILES string of the molecule is Cc1c(F)ncnc1NCCS(C)(=O)=O. The summed E-state index contributed by atoms with van der Waals surface area (Å²) >= 11 is 0. The van der Waals surface area contributed by atoms with Crippen LogP contribution in [0.2, 0.25) is 0 Å². The van der Waals surface area contributed by atoms with Gasteiger partial charge in [0.2, 0.25) is 5.95 Å². The highest BCUT2D eigenvalue weighted by Crippen LogP contribution is 2.11. The lowest BCUT2D eigenvalue weighted by atomic mass is 10.3. The van der Waals surface area contributed by atoms with Crippen molar-refractivity contribution in [2.75, 3.05) is 23.9 Å². The molecule has 15 heavy (non-hydrogen) atoms. The van der Waals surface area contributed by atoms with E-state index in [4.69, 9.17) is 0 Å². The molecule has 1 heterocycles. The predicted octanol–water partition coefficient (Wildman–Crippen LogP) is 0.381. The predicted molar refractivity (Wildman–Crippen MR) is 54.9 cm³/mol. The minimum absolute atomic E-state index is 0.0158. The second-order valence-corrected chi connectivity index (χ2v) is 5.45. The summed E-state index contributed by atoms with van der Waals surface area (Å²) in [7, 11) is -3.02. The summed E-state index contributed by atoms with van der Waals surface area (Å²) in [5.41, 5.74) is 0.283. The topological polar surface area (TPSA) is 72.0 Å². The molecule has 7 heteroatoms. The van der Waals surface area contributed by atoms with Gasteiger partial charge in [0.1, 0.15) is 22.0 Å². The lowest BCUT2D eigenvalue weighted by Crippen LogP contribution is -2.15. The number of halogens is 1. The first-order valence-electron chi connectivity index (χ1n) is 4.29. The average molecular weight is 233 g/mol. The van der Waals surface area contributed by atoms with Crippen LogP contribution in [-0.4, -0.2) is 36.9 Å². The Balaban J connectivity index is 2.62. The van der Waals surface area contributed by atoms with Crippen molar-refractivity contribution in [3.63, 3.8) is 0 Å². The Morgan fingerprint density at radius 2 is 2.13 bits per heavy atom. The summed E-state index contributed by atoms with van der Waals surface area (Å²) in [6.07, 6.45) is 2.23. The molecule has 84 valence electrons. The molecule has 0 radical (unpaired) electrons. The van der Waals surface area contributed by atoms with E-state index in [-0.39, 0.29) is 17.9 Å². The molecule has 0 atom stereocenters. The van der Waals surface area contributed by atoms with Gasteiger partial charge in [-0.2, -0.15) is 4.39 Å². The van der Waals surface area contributed by atoms with Crippen LogP contribution in [0.25, 0.3) is 0 Å². The number of rotatable bonds is 4. The molecule has 0 fully saturated rings. The minimum atomic E-state index is -3.02. The molecule has 0 aliphatic heterocycles. The van der Waals surface area contributed by atoms with E-state index >= 15 is 0 Å². The second-order valence-electron chi connectivity index (χ2n) is 3.19. The number of aromatic nitrogens is 2. The summed E-state index contributed by atoms with van der Waals surface area (Å²) in [6, 6.07) is 0. The summed E-state index contributed by atoms with van der Waals surface area (Å²) in [5.74, 6) is -0.295. The molecule has 1 rings (SSSR count). The van der Waals surface area contributed by atoms with Crippen molar-refractivity contribution in [2.24, 2.45) is 0 Å². The third-order valence-electron chi connectivity index (χ3n) is 1.79. The first-order chi connectivity index (χ1) is 6.90. The molecule has 0 aliphatic carbocycles. The number of nitrogens with one attached hydrogen (secondary N) is 1. The molecule has 0 saturated heterocycles. The zero-order valence-corrected chi connectivity index (χ0v) is 9.31. The first kappa shape index (κ1) is 11.8. The van der Waals surface area contributed by atoms with Crippen molar-refractivity contribution in [3.8, 4) is 0 Å². The van der Waals surface area contributed by atoms with Gasteiger partial charge in [-0.15, -0.1) is 0 Å². The van der Waals surface area contributed by atoms with Gasteiger partial charge in [-0.3, -0.25) is 0 Å². The Labute approximate surface area is 87.7 Å². The molecule has 0 amide bonds. The fourth-order valence-electron chi connectivity index (χ4n) is 0.962. The van der Waals surface area contributed by atoms with Crippen molar-refractivity contribution < 1.29 is 12.8 Å². The van der Waals surface area contributed by atoms with E-state index in [9.17, 15) is 12.8 Å². The fourth-order valence-corrected chi connectivity index (χ4v) is 1.43. The molecular formula is C8H12FN3O2S. The molecule has 0 aromatic carbocycles. The van der Waals surface area contributed by atoms with Gasteiger partial charge < -0.3 is 5.32 Å². The summed E-state index contributed by atoms with van der Waals surface area (Å²) < 4.78 is 34.6. The smallest absolute Gasteiger partial charge is 0.220 e. The van der Waals surface area contributed by atoms with Crippen LogP contribution < -0.4 is 5.32 Å². The Kier molecular flexibility index (Phi) is 3.57. The fraction of sp³-hybridized carbons (Fsp3) is 0.500. The standard InChI is InChI=1S/C8H12FN3O2S/c1-6-7(9)11-5-12-8(6)10-3-4-15(2,13)14/h5H,3-4H2,1-2H3,(H,10,11,12).